The van der Waals surface area contributed by atoms with Crippen LogP contribution in [0.15, 0.2) is 0 Å². The van der Waals surface area contributed by atoms with E-state index in [4.69, 9.17) is 4.74 Å². The zero-order chi connectivity index (χ0) is 14.1. The highest BCUT2D eigenvalue weighted by molar-refractivity contribution is 4.97. The lowest BCUT2D eigenvalue weighted by Crippen LogP contribution is -2.56. The molecule has 0 saturated heterocycles. The van der Waals surface area contributed by atoms with Crippen molar-refractivity contribution >= 4 is 0 Å². The van der Waals surface area contributed by atoms with Gasteiger partial charge in [0, 0.05) is 12.6 Å². The fourth-order valence-corrected chi connectivity index (χ4v) is 3.92. The number of likely N-dealkylation sites (N-methyl/N-ethyl adjacent to an activating group) is 1. The van der Waals surface area contributed by atoms with Gasteiger partial charge < -0.3 is 10.1 Å². The maximum absolute atomic E-state index is 6.39. The molecule has 1 atom stereocenters. The van der Waals surface area contributed by atoms with Gasteiger partial charge in [-0.2, -0.15) is 0 Å². The first-order valence-electron chi connectivity index (χ1n) is 8.61. The van der Waals surface area contributed by atoms with Crippen molar-refractivity contribution in [1.29, 1.82) is 0 Å². The first kappa shape index (κ1) is 17.0. The lowest BCUT2D eigenvalue weighted by molar-refractivity contribution is -0.0905. The summed E-state index contributed by atoms with van der Waals surface area (Å²) in [6, 6.07) is 0.533. The highest BCUT2D eigenvalue weighted by Crippen LogP contribution is 2.37. The molecule has 0 aromatic carbocycles. The Balaban J connectivity index is 2.94. The molecule has 1 fully saturated rings. The Morgan fingerprint density at radius 1 is 0.947 bits per heavy atom. The van der Waals surface area contributed by atoms with Gasteiger partial charge in [-0.3, -0.25) is 0 Å². The van der Waals surface area contributed by atoms with Gasteiger partial charge in [-0.05, 0) is 32.2 Å². The molecule has 1 rings (SSSR count). The van der Waals surface area contributed by atoms with E-state index in [0.29, 0.717) is 6.04 Å². The summed E-state index contributed by atoms with van der Waals surface area (Å²) in [5.41, 5.74) is 0.0952. The van der Waals surface area contributed by atoms with E-state index in [1.807, 2.05) is 0 Å². The fraction of sp³-hybridized carbons (Fsp3) is 1.00. The molecular weight excluding hydrogens is 234 g/mol. The predicted octanol–water partition coefficient (Wildman–Crippen LogP) is 4.53. The molecule has 1 aliphatic carbocycles. The second-order valence-electron chi connectivity index (χ2n) is 6.02. The summed E-state index contributed by atoms with van der Waals surface area (Å²) in [5, 5.41) is 3.78. The molecule has 0 aliphatic heterocycles. The van der Waals surface area contributed by atoms with Crippen LogP contribution in [0.5, 0.6) is 0 Å². The van der Waals surface area contributed by atoms with Crippen LogP contribution in [-0.2, 0) is 4.74 Å². The maximum atomic E-state index is 6.39. The smallest absolute Gasteiger partial charge is 0.0837 e. The molecule has 0 aromatic heterocycles. The Labute approximate surface area is 120 Å². The quantitative estimate of drug-likeness (QED) is 0.654. The van der Waals surface area contributed by atoms with Gasteiger partial charge in [0.25, 0.3) is 0 Å². The summed E-state index contributed by atoms with van der Waals surface area (Å²) >= 11 is 0. The predicted molar refractivity (Wildman–Crippen MR) is 83.6 cm³/mol. The van der Waals surface area contributed by atoms with E-state index in [-0.39, 0.29) is 5.60 Å². The third kappa shape index (κ3) is 4.46. The van der Waals surface area contributed by atoms with Gasteiger partial charge in [0.2, 0.25) is 0 Å². The number of ether oxygens (including phenoxy) is 1. The van der Waals surface area contributed by atoms with Crippen molar-refractivity contribution < 1.29 is 4.74 Å². The number of hydrogen-bond acceptors (Lipinski definition) is 2. The van der Waals surface area contributed by atoms with Gasteiger partial charge in [-0.1, -0.05) is 59.3 Å². The first-order chi connectivity index (χ1) is 9.24. The highest BCUT2D eigenvalue weighted by atomic mass is 16.5. The van der Waals surface area contributed by atoms with E-state index < -0.39 is 0 Å². The van der Waals surface area contributed by atoms with Crippen molar-refractivity contribution in [2.24, 2.45) is 5.92 Å². The minimum atomic E-state index is 0.0952. The van der Waals surface area contributed by atoms with Crippen LogP contribution in [0, 0.1) is 5.92 Å². The SMILES string of the molecule is CCNC(C(CC)CC)C1(OCC)CCCCCC1. The molecule has 19 heavy (non-hydrogen) atoms. The molecule has 1 N–H and O–H groups in total. The van der Waals surface area contributed by atoms with Crippen LogP contribution < -0.4 is 5.32 Å². The highest BCUT2D eigenvalue weighted by Gasteiger charge is 2.42. The van der Waals surface area contributed by atoms with Gasteiger partial charge in [-0.15, -0.1) is 0 Å². The van der Waals surface area contributed by atoms with E-state index in [9.17, 15) is 0 Å². The standard InChI is InChI=1S/C17H35NO/c1-5-15(6-2)16(18-7-3)17(19-8-4)13-11-9-10-12-14-17/h15-16,18H,5-14H2,1-4H3. The first-order valence-corrected chi connectivity index (χ1v) is 8.61. The zero-order valence-corrected chi connectivity index (χ0v) is 13.6. The summed E-state index contributed by atoms with van der Waals surface area (Å²) in [5.74, 6) is 0.740. The van der Waals surface area contributed by atoms with Crippen LogP contribution in [0.1, 0.15) is 79.1 Å². The summed E-state index contributed by atoms with van der Waals surface area (Å²) in [4.78, 5) is 0. The van der Waals surface area contributed by atoms with E-state index in [1.165, 1.54) is 51.4 Å². The maximum Gasteiger partial charge on any atom is 0.0837 e. The Hall–Kier alpha value is -0.0800. The topological polar surface area (TPSA) is 21.3 Å². The van der Waals surface area contributed by atoms with Crippen LogP contribution in [-0.4, -0.2) is 24.8 Å². The Morgan fingerprint density at radius 3 is 1.95 bits per heavy atom. The van der Waals surface area contributed by atoms with E-state index in [2.05, 4.69) is 33.0 Å². The van der Waals surface area contributed by atoms with Crippen molar-refractivity contribution in [1.82, 2.24) is 5.32 Å². The molecule has 2 nitrogen and oxygen atoms in total. The molecule has 0 aromatic rings. The third-order valence-electron chi connectivity index (χ3n) is 4.89. The van der Waals surface area contributed by atoms with Gasteiger partial charge >= 0.3 is 0 Å². The monoisotopic (exact) mass is 269 g/mol. The Bertz CT molecular complexity index is 217. The second kappa shape index (κ2) is 8.97. The van der Waals surface area contributed by atoms with Crippen LogP contribution in [0.4, 0.5) is 0 Å². The van der Waals surface area contributed by atoms with Crippen LogP contribution >= 0.6 is 0 Å². The van der Waals surface area contributed by atoms with Crippen molar-refractivity contribution in [3.63, 3.8) is 0 Å². The fourth-order valence-electron chi connectivity index (χ4n) is 3.92. The summed E-state index contributed by atoms with van der Waals surface area (Å²) in [6.45, 7) is 10.9. The van der Waals surface area contributed by atoms with Gasteiger partial charge in [-0.25, -0.2) is 0 Å². The zero-order valence-electron chi connectivity index (χ0n) is 13.6. The number of nitrogens with one attached hydrogen (secondary N) is 1. The van der Waals surface area contributed by atoms with Gasteiger partial charge in [0.15, 0.2) is 0 Å². The molecule has 0 spiro atoms. The number of rotatable bonds is 8. The summed E-state index contributed by atoms with van der Waals surface area (Å²) < 4.78 is 6.39. The van der Waals surface area contributed by atoms with E-state index in [1.54, 1.807) is 0 Å². The molecule has 0 radical (unpaired) electrons. The lowest BCUT2D eigenvalue weighted by Gasteiger charge is -2.44. The van der Waals surface area contributed by atoms with Crippen molar-refractivity contribution in [3.8, 4) is 0 Å². The normalized spacial score (nSPS) is 21.3. The minimum absolute atomic E-state index is 0.0952. The van der Waals surface area contributed by atoms with Crippen molar-refractivity contribution in [2.75, 3.05) is 13.2 Å². The Morgan fingerprint density at radius 2 is 1.53 bits per heavy atom. The minimum Gasteiger partial charge on any atom is -0.374 e. The van der Waals surface area contributed by atoms with Crippen LogP contribution in [0.2, 0.25) is 0 Å². The molecular formula is C17H35NO. The summed E-state index contributed by atoms with van der Waals surface area (Å²) in [7, 11) is 0. The van der Waals surface area contributed by atoms with Crippen molar-refractivity contribution in [3.05, 3.63) is 0 Å². The molecule has 1 unspecified atom stereocenters. The second-order valence-corrected chi connectivity index (χ2v) is 6.02. The largest absolute Gasteiger partial charge is 0.374 e. The van der Waals surface area contributed by atoms with Gasteiger partial charge in [0.1, 0.15) is 0 Å². The van der Waals surface area contributed by atoms with Crippen LogP contribution in [0.25, 0.3) is 0 Å². The molecule has 1 saturated carbocycles. The average Bonchev–Trinajstić information content (AvgIpc) is 2.66. The molecule has 0 amide bonds. The number of hydrogen-bond donors (Lipinski definition) is 1. The average molecular weight is 269 g/mol. The molecule has 1 aliphatic rings. The summed E-state index contributed by atoms with van der Waals surface area (Å²) in [6.07, 6.45) is 10.4. The van der Waals surface area contributed by atoms with Crippen LogP contribution in [0.3, 0.4) is 0 Å². The molecule has 2 heteroatoms. The Kier molecular flexibility index (Phi) is 8.01. The van der Waals surface area contributed by atoms with E-state index >= 15 is 0 Å². The molecule has 0 bridgehead atoms. The molecule has 0 heterocycles. The van der Waals surface area contributed by atoms with Gasteiger partial charge in [0.05, 0.1) is 5.60 Å². The van der Waals surface area contributed by atoms with Crippen molar-refractivity contribution in [2.45, 2.75) is 90.7 Å². The third-order valence-corrected chi connectivity index (χ3v) is 4.89. The molecule has 114 valence electrons. The lowest BCUT2D eigenvalue weighted by atomic mass is 9.77. The van der Waals surface area contributed by atoms with E-state index in [0.717, 1.165) is 19.1 Å².